The molecule has 0 fully saturated rings. The van der Waals surface area contributed by atoms with Crippen molar-refractivity contribution in [2.24, 2.45) is 0 Å². The molecule has 0 aliphatic heterocycles. The summed E-state index contributed by atoms with van der Waals surface area (Å²) < 4.78 is 6.04. The molecule has 0 aliphatic rings. The highest BCUT2D eigenvalue weighted by Gasteiger charge is 2.15. The summed E-state index contributed by atoms with van der Waals surface area (Å²) in [5, 5.41) is 5.51. The molecule has 4 rings (SSSR count). The van der Waals surface area contributed by atoms with Crippen LogP contribution in [-0.4, -0.2) is 24.7 Å². The van der Waals surface area contributed by atoms with Gasteiger partial charge in [-0.1, -0.05) is 64.5 Å². The maximum Gasteiger partial charge on any atom is 0.272 e. The van der Waals surface area contributed by atoms with Gasteiger partial charge in [-0.15, -0.1) is 0 Å². The lowest BCUT2D eigenvalue weighted by atomic mass is 10.1. The van der Waals surface area contributed by atoms with Gasteiger partial charge in [0, 0.05) is 21.3 Å². The van der Waals surface area contributed by atoms with E-state index in [1.807, 2.05) is 54.6 Å². The Hall–Kier alpha value is -4.75. The van der Waals surface area contributed by atoms with Crippen LogP contribution in [0.25, 0.3) is 12.2 Å². The zero-order valence-electron chi connectivity index (χ0n) is 21.1. The molecule has 39 heavy (non-hydrogen) atoms. The monoisotopic (exact) mass is 580 g/mol. The fourth-order valence-corrected chi connectivity index (χ4v) is 3.83. The minimum absolute atomic E-state index is 0.0775. The smallest absolute Gasteiger partial charge is 0.272 e. The van der Waals surface area contributed by atoms with Gasteiger partial charge in [-0.05, 0) is 83.9 Å². The average molecular weight is 581 g/mol. The largest absolute Gasteiger partial charge is 0.497 e. The van der Waals surface area contributed by atoms with Crippen molar-refractivity contribution in [1.29, 1.82) is 0 Å². The lowest BCUT2D eigenvalue weighted by Crippen LogP contribution is -2.30. The van der Waals surface area contributed by atoms with Crippen molar-refractivity contribution < 1.29 is 19.1 Å². The summed E-state index contributed by atoms with van der Waals surface area (Å²) in [6, 6.07) is 29.9. The van der Waals surface area contributed by atoms with Gasteiger partial charge in [-0.2, -0.15) is 0 Å². The number of rotatable bonds is 9. The fraction of sp³-hybridized carbons (Fsp3) is 0.0312. The standard InChI is InChI=1S/C32H25BrN2O4/c1-39-28-18-9-22(10-19-28)11-20-30(36)24-12-16-27(17-13-24)34-32(38)29(21-23-7-14-26(33)15-8-23)35-31(37)25-5-3-2-4-6-25/h2-21H,1H3,(H,34,38)(H,35,37)/b20-11+,29-21-. The van der Waals surface area contributed by atoms with E-state index in [0.717, 1.165) is 21.3 Å². The van der Waals surface area contributed by atoms with E-state index in [-0.39, 0.29) is 11.5 Å². The quantitative estimate of drug-likeness (QED) is 0.169. The van der Waals surface area contributed by atoms with Gasteiger partial charge in [0.2, 0.25) is 0 Å². The van der Waals surface area contributed by atoms with Crippen molar-refractivity contribution >= 4 is 51.4 Å². The topological polar surface area (TPSA) is 84.5 Å². The van der Waals surface area contributed by atoms with E-state index in [4.69, 9.17) is 4.74 Å². The zero-order chi connectivity index (χ0) is 27.6. The molecule has 0 aliphatic carbocycles. The van der Waals surface area contributed by atoms with E-state index in [9.17, 15) is 14.4 Å². The third-order valence-electron chi connectivity index (χ3n) is 5.68. The van der Waals surface area contributed by atoms with Gasteiger partial charge < -0.3 is 15.4 Å². The van der Waals surface area contributed by atoms with Gasteiger partial charge in [0.15, 0.2) is 5.78 Å². The van der Waals surface area contributed by atoms with Crippen LogP contribution in [0.3, 0.4) is 0 Å². The van der Waals surface area contributed by atoms with Crippen LogP contribution < -0.4 is 15.4 Å². The first-order valence-electron chi connectivity index (χ1n) is 12.0. The number of ketones is 1. The maximum absolute atomic E-state index is 13.2. The van der Waals surface area contributed by atoms with E-state index in [2.05, 4.69) is 26.6 Å². The lowest BCUT2D eigenvalue weighted by Gasteiger charge is -2.12. The molecule has 0 saturated heterocycles. The van der Waals surface area contributed by atoms with Crippen molar-refractivity contribution in [3.63, 3.8) is 0 Å². The molecule has 2 amide bonds. The third kappa shape index (κ3) is 7.87. The number of carbonyl (C=O) groups is 3. The van der Waals surface area contributed by atoms with Crippen molar-refractivity contribution in [3.05, 3.63) is 142 Å². The maximum atomic E-state index is 13.2. The molecule has 2 N–H and O–H groups in total. The number of nitrogens with one attached hydrogen (secondary N) is 2. The summed E-state index contributed by atoms with van der Waals surface area (Å²) in [6.07, 6.45) is 4.82. The highest BCUT2D eigenvalue weighted by molar-refractivity contribution is 9.10. The average Bonchev–Trinajstić information content (AvgIpc) is 2.97. The van der Waals surface area contributed by atoms with Gasteiger partial charge >= 0.3 is 0 Å². The van der Waals surface area contributed by atoms with Gasteiger partial charge in [-0.3, -0.25) is 14.4 Å². The summed E-state index contributed by atoms with van der Waals surface area (Å²) in [5.41, 5.74) is 3.07. The Labute approximate surface area is 235 Å². The molecule has 6 nitrogen and oxygen atoms in total. The van der Waals surface area contributed by atoms with Crippen LogP contribution in [0.15, 0.2) is 119 Å². The predicted octanol–water partition coefficient (Wildman–Crippen LogP) is 6.76. The summed E-state index contributed by atoms with van der Waals surface area (Å²) >= 11 is 3.40. The van der Waals surface area contributed by atoms with Gasteiger partial charge in [0.25, 0.3) is 11.8 Å². The number of carbonyl (C=O) groups excluding carboxylic acids is 3. The Bertz CT molecular complexity index is 1510. The van der Waals surface area contributed by atoms with Crippen molar-refractivity contribution in [3.8, 4) is 5.75 Å². The second-order valence-corrected chi connectivity index (χ2v) is 9.35. The summed E-state index contributed by atoms with van der Waals surface area (Å²) in [6.45, 7) is 0. The molecule has 0 unspecified atom stereocenters. The molecular weight excluding hydrogens is 556 g/mol. The van der Waals surface area contributed by atoms with E-state index >= 15 is 0 Å². The highest BCUT2D eigenvalue weighted by atomic mass is 79.9. The zero-order valence-corrected chi connectivity index (χ0v) is 22.6. The van der Waals surface area contributed by atoms with Gasteiger partial charge in [0.1, 0.15) is 11.4 Å². The first kappa shape index (κ1) is 27.3. The normalized spacial score (nSPS) is 11.2. The minimum Gasteiger partial charge on any atom is -0.497 e. The van der Waals surface area contributed by atoms with Crippen LogP contribution in [0.5, 0.6) is 5.75 Å². The summed E-state index contributed by atoms with van der Waals surface area (Å²) in [7, 11) is 1.60. The first-order chi connectivity index (χ1) is 18.9. The molecule has 0 saturated carbocycles. The Morgan fingerprint density at radius 2 is 1.38 bits per heavy atom. The van der Waals surface area contributed by atoms with E-state index in [1.54, 1.807) is 67.8 Å². The van der Waals surface area contributed by atoms with Crippen molar-refractivity contribution in [2.75, 3.05) is 12.4 Å². The molecule has 0 aromatic heterocycles. The second-order valence-electron chi connectivity index (χ2n) is 8.43. The molecule has 0 heterocycles. The van der Waals surface area contributed by atoms with Crippen molar-refractivity contribution in [1.82, 2.24) is 5.32 Å². The fourth-order valence-electron chi connectivity index (χ4n) is 3.57. The molecular formula is C32H25BrN2O4. The van der Waals surface area contributed by atoms with Crippen LogP contribution in [0, 0.1) is 0 Å². The number of hydrogen-bond donors (Lipinski definition) is 2. The van der Waals surface area contributed by atoms with E-state index in [1.165, 1.54) is 6.08 Å². The summed E-state index contributed by atoms with van der Waals surface area (Å²) in [5.74, 6) is -0.334. The molecule has 0 atom stereocenters. The number of hydrogen-bond acceptors (Lipinski definition) is 4. The molecule has 0 bridgehead atoms. The number of ether oxygens (including phenoxy) is 1. The molecule has 7 heteroatoms. The third-order valence-corrected chi connectivity index (χ3v) is 6.21. The number of allylic oxidation sites excluding steroid dienone is 1. The van der Waals surface area contributed by atoms with Crippen LogP contribution in [0.1, 0.15) is 31.8 Å². The number of methoxy groups -OCH3 is 1. The number of amides is 2. The highest BCUT2D eigenvalue weighted by Crippen LogP contribution is 2.17. The van der Waals surface area contributed by atoms with Crippen molar-refractivity contribution in [2.45, 2.75) is 0 Å². The Morgan fingerprint density at radius 1 is 0.744 bits per heavy atom. The first-order valence-corrected chi connectivity index (χ1v) is 12.8. The molecule has 0 radical (unpaired) electrons. The molecule has 4 aromatic rings. The summed E-state index contributed by atoms with van der Waals surface area (Å²) in [4.78, 5) is 38.6. The number of benzene rings is 4. The van der Waals surface area contributed by atoms with E-state index in [0.29, 0.717) is 16.8 Å². The Kier molecular flexibility index (Phi) is 9.21. The number of anilines is 1. The molecule has 0 spiro atoms. The van der Waals surface area contributed by atoms with Crippen LogP contribution >= 0.6 is 15.9 Å². The van der Waals surface area contributed by atoms with Gasteiger partial charge in [-0.25, -0.2) is 0 Å². The van der Waals surface area contributed by atoms with E-state index < -0.39 is 11.8 Å². The Morgan fingerprint density at radius 3 is 2.03 bits per heavy atom. The molecule has 194 valence electrons. The lowest BCUT2D eigenvalue weighted by molar-refractivity contribution is -0.113. The Balaban J connectivity index is 1.47. The van der Waals surface area contributed by atoms with Crippen LogP contribution in [-0.2, 0) is 4.79 Å². The van der Waals surface area contributed by atoms with Gasteiger partial charge in [0.05, 0.1) is 7.11 Å². The second kappa shape index (κ2) is 13.2. The number of halogens is 1. The SMILES string of the molecule is COc1ccc(/C=C/C(=O)c2ccc(NC(=O)/C(=C/c3ccc(Br)cc3)NC(=O)c3ccccc3)cc2)cc1. The predicted molar refractivity (Wildman–Crippen MR) is 157 cm³/mol. The molecule has 4 aromatic carbocycles. The van der Waals surface area contributed by atoms with Crippen LogP contribution in [0.2, 0.25) is 0 Å². The van der Waals surface area contributed by atoms with Crippen LogP contribution in [0.4, 0.5) is 5.69 Å². The minimum atomic E-state index is -0.499.